The fraction of sp³-hybridized carbons (Fsp3) is 0.261. The van der Waals surface area contributed by atoms with Crippen molar-refractivity contribution in [3.8, 4) is 0 Å². The predicted molar refractivity (Wildman–Crippen MR) is 116 cm³/mol. The largest absolute Gasteiger partial charge is 0.363 e. The molecule has 3 rings (SSSR count). The summed E-state index contributed by atoms with van der Waals surface area (Å²) in [5, 5.41) is 6.80. The van der Waals surface area contributed by atoms with Crippen molar-refractivity contribution in [2.45, 2.75) is 39.5 Å². The van der Waals surface area contributed by atoms with Gasteiger partial charge < -0.3 is 5.09 Å². The number of nitrogens with one attached hydrogen (secondary N) is 1. The Morgan fingerprint density at radius 2 is 1.28 bits per heavy atom. The Balaban J connectivity index is 2.15. The molecule has 0 spiro atoms. The van der Waals surface area contributed by atoms with Crippen LogP contribution < -0.4 is 10.4 Å². The van der Waals surface area contributed by atoms with Gasteiger partial charge >= 0.3 is 0 Å². The van der Waals surface area contributed by atoms with Crippen molar-refractivity contribution in [1.82, 2.24) is 0 Å². The van der Waals surface area contributed by atoms with Gasteiger partial charge in [0.05, 0.1) is 0 Å². The zero-order chi connectivity index (χ0) is 17.8. The molecule has 2 heteroatoms. The molecule has 0 radical (unpaired) electrons. The summed E-state index contributed by atoms with van der Waals surface area (Å²) in [7, 11) is -1.07. The minimum absolute atomic E-state index is 0.500. The zero-order valence-electron chi connectivity index (χ0n) is 15.6. The van der Waals surface area contributed by atoms with Gasteiger partial charge in [0.2, 0.25) is 0 Å². The summed E-state index contributed by atoms with van der Waals surface area (Å²) in [6, 6.07) is 17.6. The van der Waals surface area contributed by atoms with Gasteiger partial charge in [-0.05, 0) is 41.3 Å². The predicted octanol–water partition coefficient (Wildman–Crippen LogP) is 6.10. The molecule has 0 heterocycles. The van der Waals surface area contributed by atoms with Crippen LogP contribution in [0.25, 0.3) is 0 Å². The maximum absolute atomic E-state index is 4.00. The van der Waals surface area contributed by atoms with E-state index in [9.17, 15) is 0 Å². The molecule has 2 aromatic carbocycles. The van der Waals surface area contributed by atoms with E-state index in [1.165, 1.54) is 27.4 Å². The first-order chi connectivity index (χ1) is 12.1. The number of para-hydroxylation sites is 1. The highest BCUT2D eigenvalue weighted by Gasteiger charge is 2.16. The normalized spacial score (nSPS) is 14.6. The highest BCUT2D eigenvalue weighted by molar-refractivity contribution is 7.68. The number of hydrogen-bond donors (Lipinski definition) is 1. The topological polar surface area (TPSA) is 12.0 Å². The van der Waals surface area contributed by atoms with Crippen LogP contribution >= 0.6 is 7.70 Å². The summed E-state index contributed by atoms with van der Waals surface area (Å²) < 4.78 is 0. The number of hydrogen-bond acceptors (Lipinski definition) is 1. The first-order valence-corrected chi connectivity index (χ1v) is 10.6. The monoisotopic (exact) mass is 349 g/mol. The fourth-order valence-electron chi connectivity index (χ4n) is 3.28. The molecular weight excluding hydrogens is 321 g/mol. The zero-order valence-corrected chi connectivity index (χ0v) is 16.6. The van der Waals surface area contributed by atoms with E-state index in [1.807, 2.05) is 0 Å². The van der Waals surface area contributed by atoms with Crippen molar-refractivity contribution < 1.29 is 0 Å². The molecule has 2 aromatic rings. The molecule has 130 valence electrons. The molecule has 1 N–H and O–H groups in total. The standard InChI is InChI=1S/C23H28NP/c1-17(2)21-15-10-16-22(18(3)4)23(21)24-25(20-13-8-9-14-20)19-11-6-5-7-12-19/h5-18,24-25H,1-4H3. The van der Waals surface area contributed by atoms with Crippen LogP contribution in [0.1, 0.15) is 50.7 Å². The summed E-state index contributed by atoms with van der Waals surface area (Å²) in [6.07, 6.45) is 8.79. The Labute approximate surface area is 152 Å². The molecule has 0 saturated carbocycles. The number of allylic oxidation sites excluding steroid dienone is 4. The Hall–Kier alpha value is -1.98. The smallest absolute Gasteiger partial charge is 0.0442 e. The third-order valence-electron chi connectivity index (χ3n) is 4.64. The molecule has 0 bridgehead atoms. The number of benzene rings is 2. The second kappa shape index (κ2) is 7.93. The highest BCUT2D eigenvalue weighted by Crippen LogP contribution is 2.38. The Morgan fingerprint density at radius 3 is 1.80 bits per heavy atom. The minimum atomic E-state index is -1.07. The van der Waals surface area contributed by atoms with Crippen LogP contribution in [-0.2, 0) is 0 Å². The SMILES string of the molecule is CC(C)c1cccc(C(C)C)c1N[PH](=C1C=CC=C1)c1ccccc1. The van der Waals surface area contributed by atoms with Crippen molar-refractivity contribution in [3.63, 3.8) is 0 Å². The molecular formula is C23H28NP. The van der Waals surface area contributed by atoms with Gasteiger partial charge in [-0.3, -0.25) is 0 Å². The van der Waals surface area contributed by atoms with Crippen molar-refractivity contribution in [1.29, 1.82) is 0 Å². The number of rotatable bonds is 5. The Bertz CT molecular complexity index is 786. The highest BCUT2D eigenvalue weighted by atomic mass is 31.1. The van der Waals surface area contributed by atoms with Gasteiger partial charge in [0.25, 0.3) is 0 Å². The van der Waals surface area contributed by atoms with Crippen molar-refractivity contribution in [3.05, 3.63) is 84.0 Å². The van der Waals surface area contributed by atoms with E-state index in [0.717, 1.165) is 0 Å². The lowest BCUT2D eigenvalue weighted by Crippen LogP contribution is -2.10. The molecule has 0 fully saturated rings. The lowest BCUT2D eigenvalue weighted by Gasteiger charge is -2.24. The van der Waals surface area contributed by atoms with E-state index >= 15 is 0 Å². The lowest BCUT2D eigenvalue weighted by atomic mass is 9.93. The summed E-state index contributed by atoms with van der Waals surface area (Å²) in [5.41, 5.74) is 4.17. The minimum Gasteiger partial charge on any atom is -0.363 e. The molecule has 1 atom stereocenters. The summed E-state index contributed by atoms with van der Waals surface area (Å²) in [6.45, 7) is 9.12. The second-order valence-electron chi connectivity index (χ2n) is 7.16. The third kappa shape index (κ3) is 3.99. The van der Waals surface area contributed by atoms with Gasteiger partial charge in [-0.15, -0.1) is 0 Å². The van der Waals surface area contributed by atoms with E-state index in [1.54, 1.807) is 0 Å². The summed E-state index contributed by atoms with van der Waals surface area (Å²) in [5.74, 6) is 1.000. The summed E-state index contributed by atoms with van der Waals surface area (Å²) >= 11 is 0. The van der Waals surface area contributed by atoms with Gasteiger partial charge in [0.1, 0.15) is 0 Å². The summed E-state index contributed by atoms with van der Waals surface area (Å²) in [4.78, 5) is 0. The fourth-order valence-corrected chi connectivity index (χ4v) is 5.49. The van der Waals surface area contributed by atoms with Gasteiger partial charge in [-0.25, -0.2) is 0 Å². The van der Waals surface area contributed by atoms with E-state index in [2.05, 4.69) is 106 Å². The molecule has 1 aliphatic rings. The van der Waals surface area contributed by atoms with Crippen molar-refractivity contribution >= 4 is 24.0 Å². The third-order valence-corrected chi connectivity index (χ3v) is 6.96. The van der Waals surface area contributed by atoms with E-state index < -0.39 is 7.70 Å². The van der Waals surface area contributed by atoms with Crippen LogP contribution in [0.15, 0.2) is 72.8 Å². The van der Waals surface area contributed by atoms with Crippen LogP contribution in [-0.4, -0.2) is 5.29 Å². The average Bonchev–Trinajstić information content (AvgIpc) is 3.14. The molecule has 25 heavy (non-hydrogen) atoms. The Kier molecular flexibility index (Phi) is 5.66. The van der Waals surface area contributed by atoms with Crippen LogP contribution in [0.3, 0.4) is 0 Å². The van der Waals surface area contributed by atoms with Crippen LogP contribution in [0, 0.1) is 0 Å². The van der Waals surface area contributed by atoms with Crippen LogP contribution in [0.5, 0.6) is 0 Å². The van der Waals surface area contributed by atoms with Gasteiger partial charge in [-0.2, -0.15) is 0 Å². The quantitative estimate of drug-likeness (QED) is 0.643. The number of anilines is 1. The molecule has 0 aliphatic heterocycles. The molecule has 1 aliphatic carbocycles. The van der Waals surface area contributed by atoms with Crippen LogP contribution in [0.4, 0.5) is 5.69 Å². The van der Waals surface area contributed by atoms with Crippen molar-refractivity contribution in [2.24, 2.45) is 0 Å². The molecule has 0 saturated heterocycles. The van der Waals surface area contributed by atoms with E-state index in [4.69, 9.17) is 0 Å². The van der Waals surface area contributed by atoms with E-state index in [0.29, 0.717) is 11.8 Å². The maximum Gasteiger partial charge on any atom is 0.0442 e. The molecule has 1 nitrogen and oxygen atoms in total. The average molecular weight is 349 g/mol. The maximum atomic E-state index is 4.00. The molecule has 0 amide bonds. The molecule has 1 unspecified atom stereocenters. The second-order valence-corrected chi connectivity index (χ2v) is 9.32. The lowest BCUT2D eigenvalue weighted by molar-refractivity contribution is 0.840. The Morgan fingerprint density at radius 1 is 0.720 bits per heavy atom. The molecule has 0 aromatic heterocycles. The van der Waals surface area contributed by atoms with E-state index in [-0.39, 0.29) is 0 Å². The van der Waals surface area contributed by atoms with Gasteiger partial charge in [0, 0.05) is 5.69 Å². The van der Waals surface area contributed by atoms with Gasteiger partial charge in [-0.1, -0.05) is 101 Å². The van der Waals surface area contributed by atoms with Gasteiger partial charge in [0.15, 0.2) is 0 Å². The first-order valence-electron chi connectivity index (χ1n) is 9.12. The first kappa shape index (κ1) is 17.8. The van der Waals surface area contributed by atoms with Crippen molar-refractivity contribution in [2.75, 3.05) is 5.09 Å². The van der Waals surface area contributed by atoms with Crippen LogP contribution in [0.2, 0.25) is 0 Å².